The zero-order chi connectivity index (χ0) is 24.6. The van der Waals surface area contributed by atoms with E-state index >= 15 is 0 Å². The Morgan fingerprint density at radius 3 is 2.49 bits per heavy atom. The van der Waals surface area contributed by atoms with E-state index in [9.17, 15) is 9.59 Å². The minimum atomic E-state index is -0.788. The molecule has 7 nitrogen and oxygen atoms in total. The van der Waals surface area contributed by atoms with Gasteiger partial charge >= 0.3 is 5.97 Å². The molecule has 3 aromatic carbocycles. The summed E-state index contributed by atoms with van der Waals surface area (Å²) in [6, 6.07) is 20.4. The number of fused-ring (bicyclic) bond motifs is 1. The van der Waals surface area contributed by atoms with Crippen LogP contribution in [0.3, 0.4) is 0 Å². The Kier molecular flexibility index (Phi) is 8.34. The Hall–Kier alpha value is -3.42. The summed E-state index contributed by atoms with van der Waals surface area (Å²) in [5.74, 6) is -0.154. The molecule has 0 atom stereocenters. The molecule has 0 aliphatic carbocycles. The van der Waals surface area contributed by atoms with E-state index in [4.69, 9.17) is 9.84 Å². The molecule has 0 spiro atoms. The number of carbonyl (C=O) groups excluding carboxylic acids is 1. The molecule has 1 heterocycles. The first-order valence-electron chi connectivity index (χ1n) is 12.1. The number of ether oxygens (including phenoxy) is 1. The van der Waals surface area contributed by atoms with Gasteiger partial charge in [0.05, 0.1) is 13.5 Å². The second kappa shape index (κ2) is 11.8. The highest BCUT2D eigenvalue weighted by atomic mass is 16.5. The molecule has 1 amide bonds. The van der Waals surface area contributed by atoms with Crippen LogP contribution in [-0.2, 0) is 17.9 Å². The van der Waals surface area contributed by atoms with Gasteiger partial charge in [-0.1, -0.05) is 30.3 Å². The number of carboxylic acids is 1. The van der Waals surface area contributed by atoms with Gasteiger partial charge in [-0.15, -0.1) is 0 Å². The number of hydrogen-bond acceptors (Lipinski definition) is 5. The average molecular weight is 476 g/mol. The van der Waals surface area contributed by atoms with Crippen LogP contribution in [0.25, 0.3) is 10.8 Å². The van der Waals surface area contributed by atoms with Crippen molar-refractivity contribution >= 4 is 22.6 Å². The lowest BCUT2D eigenvalue weighted by Gasteiger charge is -2.32. The predicted octanol–water partition coefficient (Wildman–Crippen LogP) is 3.81. The third-order valence-electron chi connectivity index (χ3n) is 6.47. The number of piperidine rings is 1. The summed E-state index contributed by atoms with van der Waals surface area (Å²) in [5.41, 5.74) is 3.04. The summed E-state index contributed by atoms with van der Waals surface area (Å²) >= 11 is 0. The standard InChI is InChI=1S/C28H33N3O4/c1-35-26-4-2-3-23(17-26)28(34)30-25-10-13-31(14-11-25)19-21-6-8-22-7-5-20(15-24(22)16-21)18-29-12-9-27(32)33/h2-8,15-17,25,29H,9-14,18-19H2,1H3,(H,30,34)(H,32,33). The van der Waals surface area contributed by atoms with E-state index < -0.39 is 5.97 Å². The smallest absolute Gasteiger partial charge is 0.304 e. The highest BCUT2D eigenvalue weighted by molar-refractivity contribution is 5.94. The first-order chi connectivity index (χ1) is 17.0. The van der Waals surface area contributed by atoms with E-state index in [1.807, 2.05) is 18.2 Å². The number of nitrogens with one attached hydrogen (secondary N) is 2. The van der Waals surface area contributed by atoms with Crippen LogP contribution in [0.1, 0.15) is 40.7 Å². The highest BCUT2D eigenvalue weighted by Crippen LogP contribution is 2.21. The molecule has 7 heteroatoms. The maximum absolute atomic E-state index is 12.6. The van der Waals surface area contributed by atoms with Crippen molar-refractivity contribution in [1.82, 2.24) is 15.5 Å². The maximum Gasteiger partial charge on any atom is 0.304 e. The third kappa shape index (κ3) is 7.04. The average Bonchev–Trinajstić information content (AvgIpc) is 2.87. The SMILES string of the molecule is COc1cccc(C(=O)NC2CCN(Cc3ccc4ccc(CNCCC(=O)O)cc4c3)CC2)c1. The monoisotopic (exact) mass is 475 g/mol. The molecule has 1 saturated heterocycles. The first kappa shape index (κ1) is 24.7. The van der Waals surface area contributed by atoms with E-state index in [1.54, 1.807) is 13.2 Å². The Balaban J connectivity index is 1.28. The fourth-order valence-corrected chi connectivity index (χ4v) is 4.51. The molecule has 0 unspecified atom stereocenters. The van der Waals surface area contributed by atoms with Gasteiger partial charge in [-0.05, 0) is 65.1 Å². The zero-order valence-corrected chi connectivity index (χ0v) is 20.1. The van der Waals surface area contributed by atoms with Crippen molar-refractivity contribution < 1.29 is 19.4 Å². The van der Waals surface area contributed by atoms with E-state index in [1.165, 1.54) is 16.3 Å². The van der Waals surface area contributed by atoms with Gasteiger partial charge in [0.1, 0.15) is 5.75 Å². The molecule has 184 valence electrons. The van der Waals surface area contributed by atoms with Gasteiger partial charge < -0.3 is 20.5 Å². The van der Waals surface area contributed by atoms with Crippen LogP contribution in [0, 0.1) is 0 Å². The van der Waals surface area contributed by atoms with Crippen molar-refractivity contribution in [3.63, 3.8) is 0 Å². The molecule has 1 aliphatic rings. The van der Waals surface area contributed by atoms with Gasteiger partial charge in [0.25, 0.3) is 5.91 Å². The lowest BCUT2D eigenvalue weighted by atomic mass is 10.0. The molecular weight excluding hydrogens is 442 g/mol. The maximum atomic E-state index is 12.6. The van der Waals surface area contributed by atoms with E-state index in [2.05, 4.69) is 51.9 Å². The number of aliphatic carboxylic acids is 1. The molecule has 4 rings (SSSR count). The van der Waals surface area contributed by atoms with Gasteiger partial charge in [-0.25, -0.2) is 0 Å². The summed E-state index contributed by atoms with van der Waals surface area (Å²) in [7, 11) is 1.60. The quantitative estimate of drug-likeness (QED) is 0.387. The number of carbonyl (C=O) groups is 2. The molecule has 3 aromatic rings. The molecule has 0 aromatic heterocycles. The van der Waals surface area contributed by atoms with Crippen LogP contribution >= 0.6 is 0 Å². The van der Waals surface area contributed by atoms with Gasteiger partial charge in [0.2, 0.25) is 0 Å². The topological polar surface area (TPSA) is 90.9 Å². The van der Waals surface area contributed by atoms with Crippen LogP contribution in [0.15, 0.2) is 60.7 Å². The van der Waals surface area contributed by atoms with E-state index in [0.29, 0.717) is 24.4 Å². The molecule has 0 saturated carbocycles. The number of methoxy groups -OCH3 is 1. The van der Waals surface area contributed by atoms with Crippen molar-refractivity contribution in [2.24, 2.45) is 0 Å². The highest BCUT2D eigenvalue weighted by Gasteiger charge is 2.21. The number of benzene rings is 3. The van der Waals surface area contributed by atoms with Gasteiger partial charge in [-0.3, -0.25) is 14.5 Å². The minimum absolute atomic E-state index is 0.0508. The predicted molar refractivity (Wildman–Crippen MR) is 137 cm³/mol. The fraction of sp³-hybridized carbons (Fsp3) is 0.357. The lowest BCUT2D eigenvalue weighted by Crippen LogP contribution is -2.44. The summed E-state index contributed by atoms with van der Waals surface area (Å²) in [4.78, 5) is 25.7. The number of amides is 1. The molecular formula is C28H33N3O4. The minimum Gasteiger partial charge on any atom is -0.497 e. The summed E-state index contributed by atoms with van der Waals surface area (Å²) in [5, 5.41) is 17.5. The fourth-order valence-electron chi connectivity index (χ4n) is 4.51. The summed E-state index contributed by atoms with van der Waals surface area (Å²) in [6.07, 6.45) is 1.98. The molecule has 35 heavy (non-hydrogen) atoms. The number of likely N-dealkylation sites (tertiary alicyclic amines) is 1. The van der Waals surface area contributed by atoms with Crippen molar-refractivity contribution in [2.45, 2.75) is 38.4 Å². The van der Waals surface area contributed by atoms with Crippen LogP contribution < -0.4 is 15.4 Å². The van der Waals surface area contributed by atoms with Crippen LogP contribution in [0.5, 0.6) is 5.75 Å². The van der Waals surface area contributed by atoms with Gasteiger partial charge in [-0.2, -0.15) is 0 Å². The Bertz CT molecular complexity index is 1170. The van der Waals surface area contributed by atoms with Gasteiger partial charge in [0.15, 0.2) is 0 Å². The Morgan fingerprint density at radius 1 is 1.00 bits per heavy atom. The Morgan fingerprint density at radius 2 is 1.74 bits per heavy atom. The van der Waals surface area contributed by atoms with E-state index in [-0.39, 0.29) is 18.4 Å². The van der Waals surface area contributed by atoms with Crippen molar-refractivity contribution in [3.8, 4) is 5.75 Å². The van der Waals surface area contributed by atoms with Crippen molar-refractivity contribution in [3.05, 3.63) is 77.4 Å². The van der Waals surface area contributed by atoms with Crippen LogP contribution in [0.2, 0.25) is 0 Å². The van der Waals surface area contributed by atoms with Gasteiger partial charge in [0, 0.05) is 44.3 Å². The van der Waals surface area contributed by atoms with Crippen molar-refractivity contribution in [2.75, 3.05) is 26.7 Å². The van der Waals surface area contributed by atoms with Crippen LogP contribution in [-0.4, -0.2) is 54.7 Å². The van der Waals surface area contributed by atoms with E-state index in [0.717, 1.165) is 38.0 Å². The molecule has 3 N–H and O–H groups in total. The zero-order valence-electron chi connectivity index (χ0n) is 20.1. The summed E-state index contributed by atoms with van der Waals surface area (Å²) in [6.45, 7) is 3.88. The van der Waals surface area contributed by atoms with Crippen LogP contribution in [0.4, 0.5) is 0 Å². The largest absolute Gasteiger partial charge is 0.497 e. The number of rotatable bonds is 10. The molecule has 1 aliphatic heterocycles. The molecule has 0 bridgehead atoms. The second-order valence-electron chi connectivity index (χ2n) is 9.09. The third-order valence-corrected chi connectivity index (χ3v) is 6.47. The number of hydrogen-bond donors (Lipinski definition) is 3. The number of nitrogens with zero attached hydrogens (tertiary/aromatic N) is 1. The molecule has 1 fully saturated rings. The summed E-state index contributed by atoms with van der Waals surface area (Å²) < 4.78 is 5.22. The van der Waals surface area contributed by atoms with Crippen molar-refractivity contribution in [1.29, 1.82) is 0 Å². The Labute approximate surface area is 206 Å². The lowest BCUT2D eigenvalue weighted by molar-refractivity contribution is -0.136. The number of carboxylic acid groups (broad SMARTS) is 1. The normalized spacial score (nSPS) is 14.7. The molecule has 0 radical (unpaired) electrons. The second-order valence-corrected chi connectivity index (χ2v) is 9.09. The first-order valence-corrected chi connectivity index (χ1v) is 12.1.